The van der Waals surface area contributed by atoms with E-state index in [4.69, 9.17) is 0 Å². The predicted octanol–water partition coefficient (Wildman–Crippen LogP) is 1.49. The summed E-state index contributed by atoms with van der Waals surface area (Å²) in [7, 11) is 0. The van der Waals surface area contributed by atoms with Gasteiger partial charge in [0, 0.05) is 19.1 Å². The van der Waals surface area contributed by atoms with E-state index < -0.39 is 0 Å². The standard InChI is InChI=1S/C10H21NO/c1-4-10-6-11(7-10)8(2)5-9(3)12/h8-10,12H,4-7H2,1-3H3. The van der Waals surface area contributed by atoms with Crippen LogP contribution in [0.2, 0.25) is 0 Å². The van der Waals surface area contributed by atoms with Crippen molar-refractivity contribution in [2.75, 3.05) is 13.1 Å². The fourth-order valence-electron chi connectivity index (χ4n) is 1.87. The first kappa shape index (κ1) is 10.0. The second-order valence-corrected chi connectivity index (χ2v) is 4.16. The van der Waals surface area contributed by atoms with Crippen molar-refractivity contribution in [2.24, 2.45) is 5.92 Å². The molecule has 2 atom stereocenters. The van der Waals surface area contributed by atoms with E-state index in [2.05, 4.69) is 18.7 Å². The van der Waals surface area contributed by atoms with Crippen molar-refractivity contribution in [3.63, 3.8) is 0 Å². The van der Waals surface area contributed by atoms with Gasteiger partial charge in [0.15, 0.2) is 0 Å². The molecule has 1 rings (SSSR count). The summed E-state index contributed by atoms with van der Waals surface area (Å²) in [5.41, 5.74) is 0. The van der Waals surface area contributed by atoms with E-state index >= 15 is 0 Å². The maximum Gasteiger partial charge on any atom is 0.0526 e. The average molecular weight is 171 g/mol. The molecule has 2 heteroatoms. The molecule has 1 aliphatic rings. The van der Waals surface area contributed by atoms with Crippen molar-refractivity contribution in [1.29, 1.82) is 0 Å². The molecule has 0 spiro atoms. The number of rotatable bonds is 4. The minimum absolute atomic E-state index is 0.152. The Bertz CT molecular complexity index is 130. The van der Waals surface area contributed by atoms with Gasteiger partial charge in [0.25, 0.3) is 0 Å². The highest BCUT2D eigenvalue weighted by Gasteiger charge is 2.28. The lowest BCUT2D eigenvalue weighted by molar-refractivity contribution is 0.0336. The Labute approximate surface area is 75.6 Å². The van der Waals surface area contributed by atoms with Gasteiger partial charge in [-0.1, -0.05) is 13.3 Å². The maximum atomic E-state index is 9.19. The Kier molecular flexibility index (Phi) is 3.53. The molecule has 1 N–H and O–H groups in total. The summed E-state index contributed by atoms with van der Waals surface area (Å²) in [5, 5.41) is 9.19. The molecule has 1 fully saturated rings. The molecule has 0 saturated carbocycles. The molecule has 1 aliphatic heterocycles. The highest BCUT2D eigenvalue weighted by atomic mass is 16.3. The van der Waals surface area contributed by atoms with Crippen LogP contribution in [0.3, 0.4) is 0 Å². The molecule has 12 heavy (non-hydrogen) atoms. The summed E-state index contributed by atoms with van der Waals surface area (Å²) in [6, 6.07) is 0.563. The lowest BCUT2D eigenvalue weighted by Crippen LogP contribution is -2.51. The Morgan fingerprint density at radius 3 is 2.42 bits per heavy atom. The van der Waals surface area contributed by atoms with E-state index in [-0.39, 0.29) is 6.10 Å². The van der Waals surface area contributed by atoms with Crippen LogP contribution in [0.4, 0.5) is 0 Å². The predicted molar refractivity (Wildman–Crippen MR) is 51.1 cm³/mol. The summed E-state index contributed by atoms with van der Waals surface area (Å²) in [4.78, 5) is 2.46. The molecule has 1 heterocycles. The van der Waals surface area contributed by atoms with Gasteiger partial charge in [0.1, 0.15) is 0 Å². The van der Waals surface area contributed by atoms with Crippen LogP contribution in [-0.4, -0.2) is 35.2 Å². The van der Waals surface area contributed by atoms with Gasteiger partial charge >= 0.3 is 0 Å². The SMILES string of the molecule is CCC1CN(C(C)CC(C)O)C1. The van der Waals surface area contributed by atoms with Crippen molar-refractivity contribution in [1.82, 2.24) is 4.90 Å². The molecule has 0 aromatic heterocycles. The van der Waals surface area contributed by atoms with Crippen molar-refractivity contribution < 1.29 is 5.11 Å². The molecule has 0 aliphatic carbocycles. The summed E-state index contributed by atoms with van der Waals surface area (Å²) >= 11 is 0. The molecule has 0 amide bonds. The summed E-state index contributed by atoms with van der Waals surface area (Å²) in [5.74, 6) is 0.918. The van der Waals surface area contributed by atoms with Gasteiger partial charge in [-0.05, 0) is 26.2 Å². The molecule has 0 aromatic carbocycles. The number of nitrogens with zero attached hydrogens (tertiary/aromatic N) is 1. The third-order valence-electron chi connectivity index (χ3n) is 2.87. The fraction of sp³-hybridized carbons (Fsp3) is 1.00. The topological polar surface area (TPSA) is 23.5 Å². The first-order chi connectivity index (χ1) is 5.63. The second kappa shape index (κ2) is 4.24. The Balaban J connectivity index is 2.14. The lowest BCUT2D eigenvalue weighted by atomic mass is 9.94. The number of aliphatic hydroxyl groups is 1. The van der Waals surface area contributed by atoms with E-state index in [1.165, 1.54) is 19.5 Å². The number of hydrogen-bond donors (Lipinski definition) is 1. The van der Waals surface area contributed by atoms with Crippen molar-refractivity contribution in [3.8, 4) is 0 Å². The minimum Gasteiger partial charge on any atom is -0.393 e. The Morgan fingerprint density at radius 1 is 1.42 bits per heavy atom. The van der Waals surface area contributed by atoms with Crippen molar-refractivity contribution in [3.05, 3.63) is 0 Å². The zero-order valence-electron chi connectivity index (χ0n) is 8.45. The molecule has 72 valence electrons. The monoisotopic (exact) mass is 171 g/mol. The highest BCUT2D eigenvalue weighted by Crippen LogP contribution is 2.22. The zero-order valence-corrected chi connectivity index (χ0v) is 8.45. The highest BCUT2D eigenvalue weighted by molar-refractivity contribution is 4.83. The van der Waals surface area contributed by atoms with Gasteiger partial charge in [-0.2, -0.15) is 0 Å². The van der Waals surface area contributed by atoms with Crippen LogP contribution in [0.15, 0.2) is 0 Å². The smallest absolute Gasteiger partial charge is 0.0526 e. The van der Waals surface area contributed by atoms with Crippen molar-refractivity contribution >= 4 is 0 Å². The molecule has 0 bridgehead atoms. The first-order valence-corrected chi connectivity index (χ1v) is 5.05. The van der Waals surface area contributed by atoms with E-state index in [9.17, 15) is 5.11 Å². The minimum atomic E-state index is -0.152. The van der Waals surface area contributed by atoms with Gasteiger partial charge in [-0.15, -0.1) is 0 Å². The largest absolute Gasteiger partial charge is 0.393 e. The molecular formula is C10H21NO. The number of hydrogen-bond acceptors (Lipinski definition) is 2. The van der Waals surface area contributed by atoms with Gasteiger partial charge in [-0.3, -0.25) is 4.90 Å². The third-order valence-corrected chi connectivity index (χ3v) is 2.87. The van der Waals surface area contributed by atoms with Crippen LogP contribution in [0.25, 0.3) is 0 Å². The molecule has 0 aromatic rings. The lowest BCUT2D eigenvalue weighted by Gasteiger charge is -2.43. The fourth-order valence-corrected chi connectivity index (χ4v) is 1.87. The van der Waals surface area contributed by atoms with Crippen LogP contribution in [0.5, 0.6) is 0 Å². The molecule has 2 nitrogen and oxygen atoms in total. The van der Waals surface area contributed by atoms with Crippen molar-refractivity contribution in [2.45, 2.75) is 45.8 Å². The van der Waals surface area contributed by atoms with Crippen LogP contribution in [0, 0.1) is 5.92 Å². The van der Waals surface area contributed by atoms with Gasteiger partial charge in [0.2, 0.25) is 0 Å². The van der Waals surface area contributed by atoms with Crippen LogP contribution < -0.4 is 0 Å². The molecule has 1 saturated heterocycles. The van der Waals surface area contributed by atoms with Crippen LogP contribution in [0.1, 0.15) is 33.6 Å². The van der Waals surface area contributed by atoms with Gasteiger partial charge in [0.05, 0.1) is 6.10 Å². The summed E-state index contributed by atoms with van der Waals surface area (Å²) in [6.07, 6.45) is 2.06. The van der Waals surface area contributed by atoms with Crippen LogP contribution >= 0.6 is 0 Å². The molecule has 2 unspecified atom stereocenters. The Hall–Kier alpha value is -0.0800. The number of likely N-dealkylation sites (tertiary alicyclic amines) is 1. The average Bonchev–Trinajstić information content (AvgIpc) is 1.82. The third kappa shape index (κ3) is 2.46. The van der Waals surface area contributed by atoms with Crippen LogP contribution in [-0.2, 0) is 0 Å². The van der Waals surface area contributed by atoms with Gasteiger partial charge in [-0.25, -0.2) is 0 Å². The summed E-state index contributed by atoms with van der Waals surface area (Å²) in [6.45, 7) is 8.81. The quantitative estimate of drug-likeness (QED) is 0.692. The second-order valence-electron chi connectivity index (χ2n) is 4.16. The number of aliphatic hydroxyl groups excluding tert-OH is 1. The molecule has 0 radical (unpaired) electrons. The Morgan fingerprint density at radius 2 is 2.00 bits per heavy atom. The maximum absolute atomic E-state index is 9.19. The van der Waals surface area contributed by atoms with E-state index in [1.54, 1.807) is 0 Å². The zero-order chi connectivity index (χ0) is 9.14. The summed E-state index contributed by atoms with van der Waals surface area (Å²) < 4.78 is 0. The van der Waals surface area contributed by atoms with E-state index in [0.717, 1.165) is 12.3 Å². The normalized spacial score (nSPS) is 25.0. The van der Waals surface area contributed by atoms with Gasteiger partial charge < -0.3 is 5.11 Å². The van der Waals surface area contributed by atoms with E-state index in [1.807, 2.05) is 6.92 Å². The molecular weight excluding hydrogens is 150 g/mol. The first-order valence-electron chi connectivity index (χ1n) is 5.05. The van der Waals surface area contributed by atoms with E-state index in [0.29, 0.717) is 6.04 Å².